The molecule has 2 aliphatic heterocycles. The molecule has 2 aromatic carbocycles. The van der Waals surface area contributed by atoms with Crippen LogP contribution >= 0.6 is 23.4 Å². The number of nitrogens with zero attached hydrogens (tertiary/aromatic N) is 2. The van der Waals surface area contributed by atoms with Crippen molar-refractivity contribution < 1.29 is 13.2 Å². The van der Waals surface area contributed by atoms with Crippen molar-refractivity contribution in [1.82, 2.24) is 0 Å². The van der Waals surface area contributed by atoms with Crippen LogP contribution in [0.15, 0.2) is 53.5 Å². The molecule has 0 radical (unpaired) electrons. The van der Waals surface area contributed by atoms with Gasteiger partial charge in [-0.2, -0.15) is 0 Å². The van der Waals surface area contributed by atoms with Crippen molar-refractivity contribution in [3.8, 4) is 0 Å². The van der Waals surface area contributed by atoms with Crippen molar-refractivity contribution in [3.05, 3.63) is 59.1 Å². The molecule has 2 atom stereocenters. The molecule has 0 unspecified atom stereocenters. The number of thioether (sulfide) groups is 1. The molecule has 2 aliphatic rings. The fourth-order valence-electron chi connectivity index (χ4n) is 3.53. The predicted octanol–water partition coefficient (Wildman–Crippen LogP) is 3.36. The van der Waals surface area contributed by atoms with E-state index in [1.54, 1.807) is 24.3 Å². The number of carbonyl (C=O) groups excluding carboxylic acids is 1. The van der Waals surface area contributed by atoms with E-state index in [4.69, 9.17) is 11.6 Å². The van der Waals surface area contributed by atoms with Gasteiger partial charge in [0.2, 0.25) is 5.91 Å². The second-order valence-electron chi connectivity index (χ2n) is 7.18. The van der Waals surface area contributed by atoms with Crippen molar-refractivity contribution >= 4 is 55.6 Å². The lowest BCUT2D eigenvalue weighted by Crippen LogP contribution is -2.39. The van der Waals surface area contributed by atoms with Gasteiger partial charge in [0, 0.05) is 16.4 Å². The summed E-state index contributed by atoms with van der Waals surface area (Å²) in [6, 6.07) is 14.4. The largest absolute Gasteiger partial charge is 0.325 e. The molecule has 0 aliphatic carbocycles. The maximum Gasteiger partial charge on any atom is 0.234 e. The summed E-state index contributed by atoms with van der Waals surface area (Å²) in [5.74, 6) is 0.125. The minimum absolute atomic E-state index is 0.0544. The van der Waals surface area contributed by atoms with Crippen molar-refractivity contribution in [1.29, 1.82) is 0 Å². The molecule has 9 heteroatoms. The lowest BCUT2D eigenvalue weighted by Gasteiger charge is -2.26. The maximum atomic E-state index is 12.4. The molecule has 0 bridgehead atoms. The van der Waals surface area contributed by atoms with Crippen LogP contribution in [0.3, 0.4) is 0 Å². The van der Waals surface area contributed by atoms with Gasteiger partial charge in [-0.15, -0.1) is 0 Å². The summed E-state index contributed by atoms with van der Waals surface area (Å²) in [6.45, 7) is 2.00. The molecule has 1 amide bonds. The Morgan fingerprint density at radius 3 is 2.72 bits per heavy atom. The molecule has 2 heterocycles. The highest BCUT2D eigenvalue weighted by molar-refractivity contribution is 8.14. The third-order valence-electron chi connectivity index (χ3n) is 4.86. The first-order chi connectivity index (χ1) is 13.8. The predicted molar refractivity (Wildman–Crippen MR) is 120 cm³/mol. The molecular weight excluding hydrogens is 430 g/mol. The Hall–Kier alpha value is -2.03. The van der Waals surface area contributed by atoms with Gasteiger partial charge in [0.25, 0.3) is 0 Å². The van der Waals surface area contributed by atoms with Crippen LogP contribution < -0.4 is 10.2 Å². The summed E-state index contributed by atoms with van der Waals surface area (Å²) in [5.41, 5.74) is 2.65. The van der Waals surface area contributed by atoms with Gasteiger partial charge in [0.1, 0.15) is 0 Å². The van der Waals surface area contributed by atoms with Crippen LogP contribution in [-0.4, -0.2) is 48.8 Å². The monoisotopic (exact) mass is 449 g/mol. The fraction of sp³-hybridized carbons (Fsp3) is 0.300. The summed E-state index contributed by atoms with van der Waals surface area (Å²) in [6.07, 6.45) is 0. The third kappa shape index (κ3) is 4.60. The Morgan fingerprint density at radius 2 is 2.00 bits per heavy atom. The molecule has 152 valence electrons. The van der Waals surface area contributed by atoms with Gasteiger partial charge in [0.05, 0.1) is 29.3 Å². The van der Waals surface area contributed by atoms with E-state index in [1.807, 2.05) is 36.1 Å². The van der Waals surface area contributed by atoms with Gasteiger partial charge >= 0.3 is 0 Å². The first-order valence-electron chi connectivity index (χ1n) is 9.13. The summed E-state index contributed by atoms with van der Waals surface area (Å²) in [4.78, 5) is 19.0. The Morgan fingerprint density at radius 1 is 1.24 bits per heavy atom. The number of amides is 1. The number of sulfone groups is 1. The number of benzene rings is 2. The second-order valence-corrected chi connectivity index (χ2v) is 10.7. The van der Waals surface area contributed by atoms with E-state index in [9.17, 15) is 13.2 Å². The van der Waals surface area contributed by atoms with Crippen LogP contribution in [0.5, 0.6) is 0 Å². The Kier molecular flexibility index (Phi) is 5.59. The van der Waals surface area contributed by atoms with Crippen LogP contribution in [0.2, 0.25) is 5.02 Å². The number of hydrogen-bond acceptors (Lipinski definition) is 6. The Balaban J connectivity index is 1.50. The van der Waals surface area contributed by atoms with Crippen molar-refractivity contribution in [2.24, 2.45) is 4.99 Å². The van der Waals surface area contributed by atoms with Crippen molar-refractivity contribution in [2.45, 2.75) is 19.0 Å². The van der Waals surface area contributed by atoms with E-state index in [2.05, 4.69) is 10.3 Å². The highest BCUT2D eigenvalue weighted by atomic mass is 35.5. The number of aryl methyl sites for hydroxylation is 1. The minimum Gasteiger partial charge on any atom is -0.325 e. The number of carbonyl (C=O) groups is 1. The minimum atomic E-state index is -3.10. The fourth-order valence-corrected chi connectivity index (χ4v) is 6.49. The van der Waals surface area contributed by atoms with E-state index in [1.165, 1.54) is 11.8 Å². The number of nitrogens with one attached hydrogen (secondary N) is 1. The normalized spacial score (nSPS) is 22.3. The third-order valence-corrected chi connectivity index (χ3v) is 7.76. The molecule has 4 rings (SSSR count). The van der Waals surface area contributed by atoms with Crippen LogP contribution in [-0.2, 0) is 14.6 Å². The summed E-state index contributed by atoms with van der Waals surface area (Å²) in [5, 5.41) is 4.05. The second kappa shape index (κ2) is 8.01. The Labute approximate surface area is 179 Å². The van der Waals surface area contributed by atoms with E-state index >= 15 is 0 Å². The summed E-state index contributed by atoms with van der Waals surface area (Å²) >= 11 is 7.27. The maximum absolute atomic E-state index is 12.4. The van der Waals surface area contributed by atoms with Crippen LogP contribution in [0.25, 0.3) is 0 Å². The van der Waals surface area contributed by atoms with E-state index in [0.717, 1.165) is 11.3 Å². The number of anilines is 2. The van der Waals surface area contributed by atoms with Crippen molar-refractivity contribution in [2.75, 3.05) is 27.5 Å². The molecule has 1 N–H and O–H groups in total. The van der Waals surface area contributed by atoms with Gasteiger partial charge in [-0.25, -0.2) is 8.42 Å². The summed E-state index contributed by atoms with van der Waals surface area (Å²) in [7, 11) is -3.10. The number of amidine groups is 1. The van der Waals surface area contributed by atoms with E-state index in [0.29, 0.717) is 15.9 Å². The number of aliphatic imine (C=N–C) groups is 1. The first kappa shape index (κ1) is 20.3. The van der Waals surface area contributed by atoms with Gasteiger partial charge in [0.15, 0.2) is 15.0 Å². The van der Waals surface area contributed by atoms with E-state index in [-0.39, 0.29) is 35.2 Å². The molecule has 0 spiro atoms. The topological polar surface area (TPSA) is 78.8 Å². The molecule has 0 aromatic heterocycles. The zero-order chi connectivity index (χ0) is 20.6. The van der Waals surface area contributed by atoms with Gasteiger partial charge in [-0.05, 0) is 37.3 Å². The average Bonchev–Trinajstić information content (AvgIpc) is 3.12. The van der Waals surface area contributed by atoms with Gasteiger partial charge < -0.3 is 10.2 Å². The zero-order valence-electron chi connectivity index (χ0n) is 15.7. The number of halogens is 1. The van der Waals surface area contributed by atoms with Crippen LogP contribution in [0.1, 0.15) is 5.56 Å². The van der Waals surface area contributed by atoms with Gasteiger partial charge in [-0.1, -0.05) is 47.1 Å². The van der Waals surface area contributed by atoms with Crippen LogP contribution in [0, 0.1) is 6.92 Å². The lowest BCUT2D eigenvalue weighted by atomic mass is 10.1. The lowest BCUT2D eigenvalue weighted by molar-refractivity contribution is -0.113. The number of hydrogen-bond donors (Lipinski definition) is 1. The molecule has 29 heavy (non-hydrogen) atoms. The van der Waals surface area contributed by atoms with Gasteiger partial charge in [-0.3, -0.25) is 9.79 Å². The SMILES string of the molecule is Cc1ccc(N2C(SCC(=O)Nc3cccc(Cl)c3)=N[C@@H]3CS(=O)(=O)C[C@@H]32)cc1. The number of rotatable bonds is 4. The molecular formula is C20H20ClN3O3S2. The molecule has 0 saturated carbocycles. The molecule has 1 saturated heterocycles. The number of fused-ring (bicyclic) bond motifs is 1. The highest BCUT2D eigenvalue weighted by Gasteiger charge is 2.47. The average molecular weight is 450 g/mol. The highest BCUT2D eigenvalue weighted by Crippen LogP contribution is 2.35. The van der Waals surface area contributed by atoms with E-state index < -0.39 is 9.84 Å². The quantitative estimate of drug-likeness (QED) is 0.774. The Bertz CT molecular complexity index is 1070. The zero-order valence-corrected chi connectivity index (χ0v) is 18.1. The molecule has 6 nitrogen and oxygen atoms in total. The smallest absolute Gasteiger partial charge is 0.234 e. The molecule has 1 fully saturated rings. The molecule has 2 aromatic rings. The first-order valence-corrected chi connectivity index (χ1v) is 12.3. The summed E-state index contributed by atoms with van der Waals surface area (Å²) < 4.78 is 24.2. The van der Waals surface area contributed by atoms with Crippen molar-refractivity contribution in [3.63, 3.8) is 0 Å². The van der Waals surface area contributed by atoms with Crippen LogP contribution in [0.4, 0.5) is 11.4 Å². The standard InChI is InChI=1S/C20H20ClN3O3S2/c1-13-5-7-16(8-6-13)24-18-12-29(26,27)11-17(18)23-20(24)28-10-19(25)22-15-4-2-3-14(21)9-15/h2-9,17-18H,10-12H2,1H3,(H,22,25)/t17-,18+/m1/s1.